The second-order valence-electron chi connectivity index (χ2n) is 3.89. The van der Waals surface area contributed by atoms with Crippen LogP contribution in [-0.2, 0) is 0 Å². The lowest BCUT2D eigenvalue weighted by molar-refractivity contribution is 0.364. The molecular formula is C11H15N5. The third-order valence-corrected chi connectivity index (χ3v) is 2.54. The molecular weight excluding hydrogens is 202 g/mol. The van der Waals surface area contributed by atoms with E-state index in [0.29, 0.717) is 11.5 Å². The number of piperidine rings is 1. The van der Waals surface area contributed by atoms with E-state index in [-0.39, 0.29) is 0 Å². The zero-order valence-electron chi connectivity index (χ0n) is 9.27. The third-order valence-electron chi connectivity index (χ3n) is 2.54. The maximum atomic E-state index is 7.83. The van der Waals surface area contributed by atoms with Crippen LogP contribution in [0.15, 0.2) is 30.1 Å². The molecule has 2 rings (SSSR count). The molecule has 0 bridgehead atoms. The SMILES string of the molecule is CN1CCC(=N)/C(=C\Nc2cccnn2)C1. The normalized spacial score (nSPS) is 20.1. The lowest BCUT2D eigenvalue weighted by atomic mass is 10.0. The van der Waals surface area contributed by atoms with E-state index in [1.54, 1.807) is 6.20 Å². The molecule has 2 N–H and O–H groups in total. The summed E-state index contributed by atoms with van der Waals surface area (Å²) in [5.41, 5.74) is 1.72. The van der Waals surface area contributed by atoms with Crippen molar-refractivity contribution in [3.8, 4) is 0 Å². The highest BCUT2D eigenvalue weighted by atomic mass is 15.2. The van der Waals surface area contributed by atoms with Gasteiger partial charge in [0.25, 0.3) is 0 Å². The fraction of sp³-hybridized carbons (Fsp3) is 0.364. The van der Waals surface area contributed by atoms with Crippen molar-refractivity contribution in [1.82, 2.24) is 15.1 Å². The summed E-state index contributed by atoms with van der Waals surface area (Å²) in [6, 6.07) is 3.67. The molecule has 0 atom stereocenters. The van der Waals surface area contributed by atoms with Gasteiger partial charge in [0.05, 0.1) is 0 Å². The second kappa shape index (κ2) is 4.85. The zero-order valence-corrected chi connectivity index (χ0v) is 9.27. The van der Waals surface area contributed by atoms with Crippen molar-refractivity contribution < 1.29 is 0 Å². The number of hydrogen-bond acceptors (Lipinski definition) is 5. The average molecular weight is 217 g/mol. The van der Waals surface area contributed by atoms with Crippen LogP contribution in [-0.4, -0.2) is 40.9 Å². The molecule has 5 nitrogen and oxygen atoms in total. The molecule has 1 aromatic rings. The zero-order chi connectivity index (χ0) is 11.4. The molecule has 1 aliphatic heterocycles. The minimum atomic E-state index is 0.703. The molecule has 1 aliphatic rings. The Morgan fingerprint density at radius 2 is 2.44 bits per heavy atom. The van der Waals surface area contributed by atoms with Gasteiger partial charge in [0.1, 0.15) is 0 Å². The quantitative estimate of drug-likeness (QED) is 0.779. The van der Waals surface area contributed by atoms with Gasteiger partial charge in [-0.05, 0) is 19.2 Å². The molecule has 0 aromatic carbocycles. The number of aromatic nitrogens is 2. The number of likely N-dealkylation sites (N-methyl/N-ethyl adjacent to an activating group) is 1. The van der Waals surface area contributed by atoms with Crippen LogP contribution < -0.4 is 5.32 Å². The fourth-order valence-corrected chi connectivity index (χ4v) is 1.60. The first-order valence-electron chi connectivity index (χ1n) is 5.25. The molecule has 0 amide bonds. The second-order valence-corrected chi connectivity index (χ2v) is 3.89. The van der Waals surface area contributed by atoms with E-state index in [1.165, 1.54) is 0 Å². The van der Waals surface area contributed by atoms with Gasteiger partial charge in [-0.3, -0.25) is 0 Å². The predicted octanol–water partition coefficient (Wildman–Crippen LogP) is 1.13. The Morgan fingerprint density at radius 3 is 3.19 bits per heavy atom. The Balaban J connectivity index is 2.03. The molecule has 1 fully saturated rings. The monoisotopic (exact) mass is 217 g/mol. The Hall–Kier alpha value is -1.75. The average Bonchev–Trinajstić information content (AvgIpc) is 2.32. The van der Waals surface area contributed by atoms with Crippen LogP contribution in [0.4, 0.5) is 5.82 Å². The Bertz CT molecular complexity index is 398. The molecule has 84 valence electrons. The third kappa shape index (κ3) is 2.64. The molecule has 2 heterocycles. The fourth-order valence-electron chi connectivity index (χ4n) is 1.60. The highest BCUT2D eigenvalue weighted by molar-refractivity contribution is 5.99. The molecule has 0 radical (unpaired) electrons. The largest absolute Gasteiger partial charge is 0.345 e. The van der Waals surface area contributed by atoms with Crippen LogP contribution in [0.1, 0.15) is 6.42 Å². The minimum Gasteiger partial charge on any atom is -0.345 e. The van der Waals surface area contributed by atoms with E-state index in [9.17, 15) is 0 Å². The van der Waals surface area contributed by atoms with Crippen LogP contribution in [0.3, 0.4) is 0 Å². The van der Waals surface area contributed by atoms with Gasteiger partial charge in [-0.25, -0.2) is 0 Å². The van der Waals surface area contributed by atoms with Crippen molar-refractivity contribution in [2.75, 3.05) is 25.5 Å². The van der Waals surface area contributed by atoms with Crippen molar-refractivity contribution in [3.63, 3.8) is 0 Å². The van der Waals surface area contributed by atoms with Crippen molar-refractivity contribution in [2.45, 2.75) is 6.42 Å². The topological polar surface area (TPSA) is 64.9 Å². The number of nitrogens with zero attached hydrogens (tertiary/aromatic N) is 3. The maximum Gasteiger partial charge on any atom is 0.152 e. The van der Waals surface area contributed by atoms with Gasteiger partial charge >= 0.3 is 0 Å². The summed E-state index contributed by atoms with van der Waals surface area (Å²) in [4.78, 5) is 2.20. The first kappa shape index (κ1) is 10.8. The standard InChI is InChI=1S/C11H15N5/c1-16-6-4-10(12)9(8-16)7-13-11-3-2-5-14-15-11/h2-3,5,7,12H,4,6,8H2,1H3,(H,13,15)/b9-7-,12-10?. The van der Waals surface area contributed by atoms with Crippen LogP contribution in [0.2, 0.25) is 0 Å². The summed E-state index contributed by atoms with van der Waals surface area (Å²) in [5, 5.41) is 18.6. The summed E-state index contributed by atoms with van der Waals surface area (Å²) in [7, 11) is 2.06. The van der Waals surface area contributed by atoms with Gasteiger partial charge < -0.3 is 15.6 Å². The maximum absolute atomic E-state index is 7.83. The molecule has 0 aliphatic carbocycles. The summed E-state index contributed by atoms with van der Waals surface area (Å²) in [5.74, 6) is 0.705. The molecule has 5 heteroatoms. The van der Waals surface area contributed by atoms with Crippen molar-refractivity contribution in [2.24, 2.45) is 0 Å². The van der Waals surface area contributed by atoms with E-state index in [1.807, 2.05) is 18.3 Å². The molecule has 0 saturated carbocycles. The van der Waals surface area contributed by atoms with E-state index in [0.717, 1.165) is 25.1 Å². The Kier molecular flexibility index (Phi) is 3.26. The number of nitrogens with one attached hydrogen (secondary N) is 2. The highest BCUT2D eigenvalue weighted by Crippen LogP contribution is 2.11. The molecule has 1 aromatic heterocycles. The van der Waals surface area contributed by atoms with E-state index in [2.05, 4.69) is 27.5 Å². The summed E-state index contributed by atoms with van der Waals surface area (Å²) >= 11 is 0. The summed E-state index contributed by atoms with van der Waals surface area (Å²) in [6.07, 6.45) is 4.29. The smallest absolute Gasteiger partial charge is 0.152 e. The number of likely N-dealkylation sites (tertiary alicyclic amines) is 1. The molecule has 16 heavy (non-hydrogen) atoms. The first-order chi connectivity index (χ1) is 7.75. The van der Waals surface area contributed by atoms with Crippen LogP contribution >= 0.6 is 0 Å². The van der Waals surface area contributed by atoms with Crippen molar-refractivity contribution in [1.29, 1.82) is 5.41 Å². The van der Waals surface area contributed by atoms with Gasteiger partial charge in [-0.15, -0.1) is 5.10 Å². The predicted molar refractivity (Wildman–Crippen MR) is 63.6 cm³/mol. The number of anilines is 1. The van der Waals surface area contributed by atoms with E-state index < -0.39 is 0 Å². The van der Waals surface area contributed by atoms with Gasteiger partial charge in [0.15, 0.2) is 5.82 Å². The number of hydrogen-bond donors (Lipinski definition) is 2. The van der Waals surface area contributed by atoms with Crippen LogP contribution in [0.25, 0.3) is 0 Å². The molecule has 1 saturated heterocycles. The summed E-state index contributed by atoms with van der Waals surface area (Å²) < 4.78 is 0. The molecule has 0 unspecified atom stereocenters. The van der Waals surface area contributed by atoms with Gasteiger partial charge in [0.2, 0.25) is 0 Å². The van der Waals surface area contributed by atoms with Crippen LogP contribution in [0.5, 0.6) is 0 Å². The minimum absolute atomic E-state index is 0.703. The highest BCUT2D eigenvalue weighted by Gasteiger charge is 2.15. The molecule has 0 spiro atoms. The Morgan fingerprint density at radius 1 is 1.56 bits per heavy atom. The lowest BCUT2D eigenvalue weighted by Gasteiger charge is -2.25. The van der Waals surface area contributed by atoms with Gasteiger partial charge in [0, 0.05) is 43.2 Å². The van der Waals surface area contributed by atoms with Crippen molar-refractivity contribution >= 4 is 11.5 Å². The van der Waals surface area contributed by atoms with Crippen molar-refractivity contribution in [3.05, 3.63) is 30.1 Å². The summed E-state index contributed by atoms with van der Waals surface area (Å²) in [6.45, 7) is 1.77. The van der Waals surface area contributed by atoms with Gasteiger partial charge in [-0.2, -0.15) is 5.10 Å². The first-order valence-corrected chi connectivity index (χ1v) is 5.25. The van der Waals surface area contributed by atoms with E-state index in [4.69, 9.17) is 5.41 Å². The Labute approximate surface area is 94.7 Å². The van der Waals surface area contributed by atoms with Gasteiger partial charge in [-0.1, -0.05) is 0 Å². The van der Waals surface area contributed by atoms with Crippen LogP contribution in [0, 0.1) is 5.41 Å². The van der Waals surface area contributed by atoms with E-state index >= 15 is 0 Å². The number of rotatable bonds is 2. The lowest BCUT2D eigenvalue weighted by Crippen LogP contribution is -2.32.